The predicted octanol–water partition coefficient (Wildman–Crippen LogP) is 5.27. The second-order valence-electron chi connectivity index (χ2n) is 6.89. The molecule has 0 aliphatic rings. The number of hydrogen-bond acceptors (Lipinski definition) is 6. The molecular formula is C23H21ClN6OS. The van der Waals surface area contributed by atoms with Crippen LogP contribution < -0.4 is 16.2 Å². The highest BCUT2D eigenvalue weighted by Crippen LogP contribution is 2.37. The molecule has 2 aromatic heterocycles. The number of nitrogens with zero attached hydrogens (tertiary/aromatic N) is 4. The summed E-state index contributed by atoms with van der Waals surface area (Å²) >= 11 is 8.05. The number of aromatic nitrogens is 3. The largest absolute Gasteiger partial charge is 0.455 e. The third kappa shape index (κ3) is 4.71. The second kappa shape index (κ2) is 9.33. The molecule has 0 spiro atoms. The van der Waals surface area contributed by atoms with Crippen molar-refractivity contribution >= 4 is 40.7 Å². The zero-order valence-electron chi connectivity index (χ0n) is 17.5. The molecule has 162 valence electrons. The third-order valence-corrected chi connectivity index (χ3v) is 5.72. The Morgan fingerprint density at radius 2 is 1.94 bits per heavy atom. The van der Waals surface area contributed by atoms with Crippen LogP contribution in [0.1, 0.15) is 5.56 Å². The lowest BCUT2D eigenvalue weighted by atomic mass is 10.0. The molecule has 2 heterocycles. The zero-order chi connectivity index (χ0) is 22.7. The van der Waals surface area contributed by atoms with E-state index in [0.717, 1.165) is 4.90 Å². The van der Waals surface area contributed by atoms with Crippen molar-refractivity contribution in [2.45, 2.75) is 4.90 Å². The summed E-state index contributed by atoms with van der Waals surface area (Å²) in [5.41, 5.74) is 14.9. The Morgan fingerprint density at radius 1 is 1.16 bits per heavy atom. The lowest BCUT2D eigenvalue weighted by Gasteiger charge is -2.15. The summed E-state index contributed by atoms with van der Waals surface area (Å²) in [7, 11) is 1.81. The molecule has 4 aromatic rings. The molecule has 7 nitrogen and oxygen atoms in total. The fraction of sp³-hybridized carbons (Fsp3) is 0.0870. The van der Waals surface area contributed by atoms with Crippen molar-refractivity contribution in [1.82, 2.24) is 14.8 Å². The first-order chi connectivity index (χ1) is 15.4. The number of benzene rings is 2. The number of nitrogens with two attached hydrogens (primary N) is 2. The van der Waals surface area contributed by atoms with Gasteiger partial charge in [0.2, 0.25) is 0 Å². The van der Waals surface area contributed by atoms with Gasteiger partial charge < -0.3 is 16.2 Å². The van der Waals surface area contributed by atoms with Crippen LogP contribution in [-0.4, -0.2) is 26.9 Å². The number of thioether (sulfide) groups is 1. The quantitative estimate of drug-likeness (QED) is 0.174. The van der Waals surface area contributed by atoms with Crippen LogP contribution in [0.3, 0.4) is 0 Å². The van der Waals surface area contributed by atoms with E-state index >= 15 is 0 Å². The Morgan fingerprint density at radius 3 is 2.59 bits per heavy atom. The van der Waals surface area contributed by atoms with Gasteiger partial charge >= 0.3 is 0 Å². The number of rotatable bonds is 6. The molecule has 0 aliphatic heterocycles. The maximum absolute atomic E-state index is 6.46. The third-order valence-electron chi connectivity index (χ3n) is 4.67. The fourth-order valence-corrected chi connectivity index (χ4v) is 3.71. The van der Waals surface area contributed by atoms with Gasteiger partial charge in [0.05, 0.1) is 16.4 Å². The minimum Gasteiger partial charge on any atom is -0.455 e. The summed E-state index contributed by atoms with van der Waals surface area (Å²) < 4.78 is 7.77. The summed E-state index contributed by atoms with van der Waals surface area (Å²) in [4.78, 5) is 9.95. The zero-order valence-corrected chi connectivity index (χ0v) is 19.1. The van der Waals surface area contributed by atoms with Gasteiger partial charge in [-0.1, -0.05) is 11.6 Å². The van der Waals surface area contributed by atoms with Crippen LogP contribution in [0.4, 0.5) is 11.5 Å². The number of amidine groups is 1. The summed E-state index contributed by atoms with van der Waals surface area (Å²) in [6.45, 7) is 0. The minimum atomic E-state index is 0.206. The molecular weight excluding hydrogens is 444 g/mol. The van der Waals surface area contributed by atoms with Crippen LogP contribution in [-0.2, 0) is 7.05 Å². The van der Waals surface area contributed by atoms with E-state index in [1.165, 1.54) is 0 Å². The van der Waals surface area contributed by atoms with E-state index in [1.54, 1.807) is 59.2 Å². The minimum absolute atomic E-state index is 0.206. The Kier molecular flexibility index (Phi) is 6.34. The van der Waals surface area contributed by atoms with E-state index in [9.17, 15) is 0 Å². The molecule has 0 unspecified atom stereocenters. The van der Waals surface area contributed by atoms with E-state index in [-0.39, 0.29) is 5.84 Å². The highest BCUT2D eigenvalue weighted by atomic mass is 35.5. The van der Waals surface area contributed by atoms with E-state index in [1.807, 2.05) is 37.6 Å². The molecule has 0 atom stereocenters. The van der Waals surface area contributed by atoms with Gasteiger partial charge in [-0.15, -0.1) is 11.8 Å². The molecule has 0 radical (unpaired) electrons. The Bertz CT molecular complexity index is 1290. The van der Waals surface area contributed by atoms with Crippen molar-refractivity contribution in [3.63, 3.8) is 0 Å². The van der Waals surface area contributed by atoms with Crippen molar-refractivity contribution in [3.05, 3.63) is 77.6 Å². The number of halogens is 1. The molecule has 0 bridgehead atoms. The van der Waals surface area contributed by atoms with E-state index < -0.39 is 0 Å². The smallest absolute Gasteiger partial charge is 0.175 e. The number of aliphatic imine (C=N–C) groups is 1. The summed E-state index contributed by atoms with van der Waals surface area (Å²) in [6.07, 6.45) is 5.47. The van der Waals surface area contributed by atoms with Crippen LogP contribution in [0.25, 0.3) is 11.3 Å². The van der Waals surface area contributed by atoms with Crippen molar-refractivity contribution in [1.29, 1.82) is 0 Å². The first-order valence-corrected chi connectivity index (χ1v) is 11.3. The number of hydrogen-bond donors (Lipinski definition) is 2. The van der Waals surface area contributed by atoms with Crippen molar-refractivity contribution in [3.8, 4) is 22.8 Å². The van der Waals surface area contributed by atoms with Gasteiger partial charge in [0.15, 0.2) is 11.6 Å². The van der Waals surface area contributed by atoms with Gasteiger partial charge in [0.25, 0.3) is 0 Å². The van der Waals surface area contributed by atoms with Crippen molar-refractivity contribution in [2.24, 2.45) is 17.8 Å². The van der Waals surface area contributed by atoms with Gasteiger partial charge in [-0.3, -0.25) is 9.67 Å². The molecule has 0 saturated heterocycles. The van der Waals surface area contributed by atoms with Gasteiger partial charge in [-0.2, -0.15) is 5.10 Å². The van der Waals surface area contributed by atoms with Gasteiger partial charge in [0.1, 0.15) is 11.6 Å². The molecule has 2 aromatic carbocycles. The van der Waals surface area contributed by atoms with E-state index in [4.69, 9.17) is 27.8 Å². The van der Waals surface area contributed by atoms with E-state index in [2.05, 4.69) is 15.1 Å². The Balaban J connectivity index is 1.82. The number of anilines is 1. The maximum Gasteiger partial charge on any atom is 0.175 e. The highest BCUT2D eigenvalue weighted by Gasteiger charge is 2.17. The van der Waals surface area contributed by atoms with E-state index in [0.29, 0.717) is 44.8 Å². The number of aryl methyl sites for hydroxylation is 1. The Hall–Kier alpha value is -3.49. The van der Waals surface area contributed by atoms with Crippen LogP contribution in [0, 0.1) is 0 Å². The molecule has 9 heteroatoms. The predicted molar refractivity (Wildman–Crippen MR) is 131 cm³/mol. The average molecular weight is 465 g/mol. The van der Waals surface area contributed by atoms with Gasteiger partial charge in [0, 0.05) is 41.5 Å². The maximum atomic E-state index is 6.46. The first kappa shape index (κ1) is 21.7. The number of ether oxygens (including phenoxy) is 1. The molecule has 4 N–H and O–H groups in total. The molecule has 0 aliphatic carbocycles. The summed E-state index contributed by atoms with van der Waals surface area (Å²) in [5, 5.41) is 4.75. The molecule has 4 rings (SSSR count). The van der Waals surface area contributed by atoms with Gasteiger partial charge in [-0.05, 0) is 54.8 Å². The molecule has 0 saturated carbocycles. The molecule has 32 heavy (non-hydrogen) atoms. The standard InChI is InChI=1S/C23H21ClN6OS/c1-30-11-9-20(29-30)28-23(26)17-12-14(22-18(24)4-3-10-27-22)13-19(21(17)25)31-15-5-7-16(32-2)8-6-15/h3-13H,25H2,1-2H3,(H2,26,28,29). The van der Waals surface area contributed by atoms with Crippen molar-refractivity contribution < 1.29 is 4.74 Å². The number of pyridine rings is 1. The highest BCUT2D eigenvalue weighted by molar-refractivity contribution is 7.98. The van der Waals surface area contributed by atoms with Crippen LogP contribution in [0.5, 0.6) is 11.5 Å². The number of nitrogen functional groups attached to an aromatic ring is 1. The lowest BCUT2D eigenvalue weighted by Crippen LogP contribution is -2.16. The van der Waals surface area contributed by atoms with Crippen LogP contribution >= 0.6 is 23.4 Å². The van der Waals surface area contributed by atoms with Crippen LogP contribution in [0.2, 0.25) is 5.02 Å². The average Bonchev–Trinajstić information content (AvgIpc) is 3.20. The Labute approximate surface area is 195 Å². The molecule has 0 amide bonds. The van der Waals surface area contributed by atoms with Gasteiger partial charge in [-0.25, -0.2) is 4.99 Å². The second-order valence-corrected chi connectivity index (χ2v) is 8.18. The molecule has 0 fully saturated rings. The fourth-order valence-electron chi connectivity index (χ4n) is 3.07. The lowest BCUT2D eigenvalue weighted by molar-refractivity contribution is 0.485. The first-order valence-electron chi connectivity index (χ1n) is 9.65. The van der Waals surface area contributed by atoms with Crippen molar-refractivity contribution in [2.75, 3.05) is 12.0 Å². The normalized spacial score (nSPS) is 11.5. The van der Waals surface area contributed by atoms with Crippen LogP contribution in [0.15, 0.2) is 76.9 Å². The summed E-state index contributed by atoms with van der Waals surface area (Å²) in [5.74, 6) is 1.75. The summed E-state index contributed by atoms with van der Waals surface area (Å²) in [6, 6.07) is 16.6. The topological polar surface area (TPSA) is 104 Å². The SMILES string of the molecule is CSc1ccc(Oc2cc(-c3ncccc3Cl)cc(C(N)=Nc3ccn(C)n3)c2N)cc1. The monoisotopic (exact) mass is 464 g/mol.